The van der Waals surface area contributed by atoms with Crippen LogP contribution in [0.15, 0.2) is 10.5 Å². The molecule has 1 aromatic heterocycles. The molecule has 0 atom stereocenters. The minimum absolute atomic E-state index is 0.239. The molecule has 0 aliphatic carbocycles. The third-order valence-electron chi connectivity index (χ3n) is 3.37. The molecule has 122 valence electrons. The van der Waals surface area contributed by atoms with Gasteiger partial charge in [0.2, 0.25) is 0 Å². The van der Waals surface area contributed by atoms with Gasteiger partial charge in [-0.1, -0.05) is 0 Å². The fourth-order valence-corrected chi connectivity index (χ4v) is 4.10. The van der Waals surface area contributed by atoms with Gasteiger partial charge >= 0.3 is 0 Å². The lowest BCUT2D eigenvalue weighted by Crippen LogP contribution is -2.21. The van der Waals surface area contributed by atoms with E-state index >= 15 is 0 Å². The Kier molecular flexibility index (Phi) is 4.93. The van der Waals surface area contributed by atoms with Gasteiger partial charge in [0, 0.05) is 43.4 Å². The van der Waals surface area contributed by atoms with Crippen LogP contribution in [0.5, 0.6) is 0 Å². The lowest BCUT2D eigenvalue weighted by Gasteiger charge is -2.10. The SMILES string of the molecule is CN(C)C(=O)c1sc(C(=O)N(C)C)c2c(C#N)c(Br)cc(C#N)c12. The first kappa shape index (κ1) is 17.9. The lowest BCUT2D eigenvalue weighted by atomic mass is 10.0. The highest BCUT2D eigenvalue weighted by atomic mass is 79.9. The maximum atomic E-state index is 12.5. The van der Waals surface area contributed by atoms with E-state index in [1.165, 1.54) is 15.9 Å². The number of amides is 2. The second-order valence-electron chi connectivity index (χ2n) is 5.41. The summed E-state index contributed by atoms with van der Waals surface area (Å²) in [6, 6.07) is 5.61. The smallest absolute Gasteiger partial charge is 0.264 e. The zero-order valence-electron chi connectivity index (χ0n) is 13.5. The van der Waals surface area contributed by atoms with Crippen LogP contribution >= 0.6 is 27.3 Å². The summed E-state index contributed by atoms with van der Waals surface area (Å²) in [5.74, 6) is -0.633. The molecule has 1 aromatic carbocycles. The van der Waals surface area contributed by atoms with Crippen molar-refractivity contribution in [3.05, 3.63) is 31.4 Å². The molecule has 2 aromatic rings. The van der Waals surface area contributed by atoms with Gasteiger partial charge in [-0.25, -0.2) is 0 Å². The quantitative estimate of drug-likeness (QED) is 0.769. The van der Waals surface area contributed by atoms with Gasteiger partial charge in [-0.15, -0.1) is 11.3 Å². The summed E-state index contributed by atoms with van der Waals surface area (Å²) in [6.07, 6.45) is 0. The largest absolute Gasteiger partial charge is 0.344 e. The van der Waals surface area contributed by atoms with Crippen LogP contribution in [0.1, 0.15) is 30.5 Å². The number of nitriles is 2. The van der Waals surface area contributed by atoms with E-state index in [0.29, 0.717) is 15.2 Å². The molecule has 0 spiro atoms. The molecular weight excluding hydrogens is 392 g/mol. The van der Waals surface area contributed by atoms with Crippen LogP contribution in [0.2, 0.25) is 0 Å². The third kappa shape index (κ3) is 2.75. The van der Waals surface area contributed by atoms with Crippen LogP contribution in [0.4, 0.5) is 0 Å². The highest BCUT2D eigenvalue weighted by Crippen LogP contribution is 2.40. The van der Waals surface area contributed by atoms with E-state index in [1.807, 2.05) is 6.07 Å². The maximum Gasteiger partial charge on any atom is 0.264 e. The minimum atomic E-state index is -0.318. The van der Waals surface area contributed by atoms with Crippen LogP contribution in [0, 0.1) is 22.7 Å². The molecular formula is C16H13BrN4O2S. The van der Waals surface area contributed by atoms with Gasteiger partial charge in [-0.3, -0.25) is 9.59 Å². The predicted octanol–water partition coefficient (Wildman–Crippen LogP) is 2.81. The van der Waals surface area contributed by atoms with Gasteiger partial charge in [0.05, 0.1) is 17.2 Å². The first-order chi connectivity index (χ1) is 11.2. The van der Waals surface area contributed by atoms with Crippen molar-refractivity contribution in [3.63, 3.8) is 0 Å². The molecule has 1 heterocycles. The summed E-state index contributed by atoms with van der Waals surface area (Å²) in [5, 5.41) is 19.7. The summed E-state index contributed by atoms with van der Waals surface area (Å²) >= 11 is 4.28. The molecule has 0 aliphatic heterocycles. The number of hydrogen-bond acceptors (Lipinski definition) is 5. The van der Waals surface area contributed by atoms with Crippen LogP contribution in [0.25, 0.3) is 10.8 Å². The minimum Gasteiger partial charge on any atom is -0.344 e. The van der Waals surface area contributed by atoms with Crippen LogP contribution < -0.4 is 0 Å². The molecule has 2 amide bonds. The number of hydrogen-bond donors (Lipinski definition) is 0. The Balaban J connectivity index is 3.07. The molecule has 0 unspecified atom stereocenters. The molecule has 0 aliphatic rings. The summed E-state index contributed by atoms with van der Waals surface area (Å²) in [4.78, 5) is 28.4. The summed E-state index contributed by atoms with van der Waals surface area (Å²) < 4.78 is 0.420. The van der Waals surface area contributed by atoms with Crippen molar-refractivity contribution in [2.45, 2.75) is 0 Å². The fraction of sp³-hybridized carbons (Fsp3) is 0.250. The van der Waals surface area contributed by atoms with Crippen molar-refractivity contribution < 1.29 is 9.59 Å². The van der Waals surface area contributed by atoms with Gasteiger partial charge in [-0.05, 0) is 22.0 Å². The molecule has 0 saturated heterocycles. The molecule has 8 heteroatoms. The van der Waals surface area contributed by atoms with E-state index in [1.54, 1.807) is 28.2 Å². The van der Waals surface area contributed by atoms with Crippen LogP contribution in [0.3, 0.4) is 0 Å². The molecule has 24 heavy (non-hydrogen) atoms. The molecule has 0 N–H and O–H groups in total. The highest BCUT2D eigenvalue weighted by Gasteiger charge is 2.28. The summed E-state index contributed by atoms with van der Waals surface area (Å²) in [7, 11) is 6.38. The molecule has 0 saturated carbocycles. The Morgan fingerprint density at radius 3 is 1.92 bits per heavy atom. The Morgan fingerprint density at radius 1 is 1.00 bits per heavy atom. The van der Waals surface area contributed by atoms with Crippen molar-refractivity contribution in [2.75, 3.05) is 28.2 Å². The number of halogens is 1. The van der Waals surface area contributed by atoms with Gasteiger partial charge in [-0.2, -0.15) is 10.5 Å². The Labute approximate surface area is 151 Å². The predicted molar refractivity (Wildman–Crippen MR) is 95.0 cm³/mol. The topological polar surface area (TPSA) is 88.2 Å². The average molecular weight is 405 g/mol. The number of carbonyl (C=O) groups excluding carboxylic acids is 2. The Bertz CT molecular complexity index is 948. The summed E-state index contributed by atoms with van der Waals surface area (Å²) in [6.45, 7) is 0. The van der Waals surface area contributed by atoms with Crippen molar-refractivity contribution in [2.24, 2.45) is 0 Å². The van der Waals surface area contributed by atoms with E-state index in [9.17, 15) is 20.1 Å². The van der Waals surface area contributed by atoms with E-state index in [0.717, 1.165) is 11.3 Å². The van der Waals surface area contributed by atoms with E-state index in [4.69, 9.17) is 0 Å². The Hall–Kier alpha value is -2.42. The van der Waals surface area contributed by atoms with Crippen LogP contribution in [-0.4, -0.2) is 49.8 Å². The average Bonchev–Trinajstić information content (AvgIpc) is 2.92. The molecule has 6 nitrogen and oxygen atoms in total. The number of rotatable bonds is 2. The Morgan fingerprint density at radius 2 is 1.50 bits per heavy atom. The van der Waals surface area contributed by atoms with Gasteiger partial charge < -0.3 is 9.80 Å². The van der Waals surface area contributed by atoms with E-state index in [2.05, 4.69) is 22.0 Å². The first-order valence-corrected chi connectivity index (χ1v) is 8.38. The monoisotopic (exact) mass is 404 g/mol. The second kappa shape index (κ2) is 6.60. The zero-order valence-corrected chi connectivity index (χ0v) is 15.9. The number of benzene rings is 1. The zero-order chi connectivity index (χ0) is 18.2. The molecule has 0 radical (unpaired) electrons. The second-order valence-corrected chi connectivity index (χ2v) is 7.29. The van der Waals surface area contributed by atoms with Gasteiger partial charge in [0.15, 0.2) is 0 Å². The van der Waals surface area contributed by atoms with Gasteiger partial charge in [0.25, 0.3) is 11.8 Å². The summed E-state index contributed by atoms with van der Waals surface area (Å²) in [5.41, 5.74) is 0.485. The fourth-order valence-electron chi connectivity index (χ4n) is 2.22. The standard InChI is InChI=1S/C16H13BrN4O2S/c1-20(2)15(22)13-11-8(6-18)5-10(17)9(7-19)12(11)14(24-13)16(23)21(3)4/h5H,1-4H3. The van der Waals surface area contributed by atoms with E-state index < -0.39 is 0 Å². The van der Waals surface area contributed by atoms with Crippen molar-refractivity contribution in [3.8, 4) is 12.1 Å². The maximum absolute atomic E-state index is 12.5. The van der Waals surface area contributed by atoms with Crippen molar-refractivity contribution >= 4 is 49.9 Å². The molecule has 2 rings (SSSR count). The number of fused-ring (bicyclic) bond motifs is 1. The van der Waals surface area contributed by atoms with Crippen LogP contribution in [-0.2, 0) is 0 Å². The van der Waals surface area contributed by atoms with E-state index in [-0.39, 0.29) is 32.7 Å². The van der Waals surface area contributed by atoms with Crippen molar-refractivity contribution in [1.29, 1.82) is 10.5 Å². The number of thiophene rings is 1. The van der Waals surface area contributed by atoms with Gasteiger partial charge in [0.1, 0.15) is 15.8 Å². The lowest BCUT2D eigenvalue weighted by molar-refractivity contribution is 0.0829. The number of nitrogens with zero attached hydrogens (tertiary/aromatic N) is 4. The third-order valence-corrected chi connectivity index (χ3v) is 5.16. The first-order valence-electron chi connectivity index (χ1n) is 6.77. The normalized spacial score (nSPS) is 10.1. The number of carbonyl (C=O) groups is 2. The molecule has 0 fully saturated rings. The molecule has 0 bridgehead atoms. The highest BCUT2D eigenvalue weighted by molar-refractivity contribution is 9.10. The van der Waals surface area contributed by atoms with Crippen molar-refractivity contribution in [1.82, 2.24) is 9.80 Å².